The number of carbonyl (C=O) groups excluding carboxylic acids is 3. The summed E-state index contributed by atoms with van der Waals surface area (Å²) < 4.78 is 31.1. The Morgan fingerprint density at radius 3 is 2.50 bits per heavy atom. The van der Waals surface area contributed by atoms with Gasteiger partial charge < -0.3 is 14.3 Å². The van der Waals surface area contributed by atoms with Crippen molar-refractivity contribution in [3.8, 4) is 0 Å². The molecule has 4 aliphatic rings. The Morgan fingerprint density at radius 1 is 1.21 bits per heavy atom. The van der Waals surface area contributed by atoms with Gasteiger partial charge in [-0.05, 0) is 76.7 Å². The molecule has 0 aromatic carbocycles. The Kier molecular flexibility index (Phi) is 7.54. The minimum atomic E-state index is -2.29. The molecule has 4 aliphatic carbocycles. The largest absolute Gasteiger partial charge is 0.450 e. The molecule has 8 heteroatoms. The van der Waals surface area contributed by atoms with E-state index in [-0.39, 0.29) is 30.5 Å². The predicted octanol–water partition coefficient (Wildman–Crippen LogP) is 5.50. The van der Waals surface area contributed by atoms with Crippen LogP contribution in [0.2, 0.25) is 19.6 Å². The van der Waals surface area contributed by atoms with Gasteiger partial charge in [0.1, 0.15) is 6.61 Å². The molecule has 0 saturated heterocycles. The summed E-state index contributed by atoms with van der Waals surface area (Å²) in [4.78, 5) is 39.0. The monoisotopic (exact) mass is 548 g/mol. The van der Waals surface area contributed by atoms with Gasteiger partial charge in [0.25, 0.3) is 0 Å². The van der Waals surface area contributed by atoms with Gasteiger partial charge in [-0.1, -0.05) is 38.8 Å². The summed E-state index contributed by atoms with van der Waals surface area (Å²) >= 11 is 0. The number of aliphatic hydroxyl groups excluding tert-OH is 1. The zero-order valence-electron chi connectivity index (χ0n) is 24.1. The van der Waals surface area contributed by atoms with Crippen LogP contribution in [0.4, 0.5) is 4.39 Å². The number of carbonyl (C=O) groups is 3. The van der Waals surface area contributed by atoms with Gasteiger partial charge in [-0.3, -0.25) is 14.4 Å². The van der Waals surface area contributed by atoms with E-state index in [1.807, 2.05) is 47.3 Å². The first kappa shape index (κ1) is 29.3. The lowest BCUT2D eigenvalue weighted by molar-refractivity contribution is -0.225. The molecule has 3 fully saturated rings. The summed E-state index contributed by atoms with van der Waals surface area (Å²) in [5, 5.41) is 10.1. The number of esters is 1. The van der Waals surface area contributed by atoms with Gasteiger partial charge >= 0.3 is 5.97 Å². The fourth-order valence-corrected chi connectivity index (χ4v) is 9.69. The van der Waals surface area contributed by atoms with Crippen LogP contribution in [-0.2, 0) is 23.5 Å². The smallest absolute Gasteiger partial charge is 0.306 e. The zero-order chi connectivity index (χ0) is 28.3. The second-order valence-corrected chi connectivity index (χ2v) is 18.0. The number of ketones is 2. The van der Waals surface area contributed by atoms with Gasteiger partial charge in [0, 0.05) is 29.1 Å². The van der Waals surface area contributed by atoms with Gasteiger partial charge in [0.2, 0.25) is 5.78 Å². The lowest BCUT2D eigenvalue weighted by Crippen LogP contribution is -2.71. The number of alkyl halides is 1. The molecule has 38 heavy (non-hydrogen) atoms. The van der Waals surface area contributed by atoms with E-state index in [0.717, 1.165) is 12.0 Å². The van der Waals surface area contributed by atoms with Crippen molar-refractivity contribution in [1.29, 1.82) is 0 Å². The summed E-state index contributed by atoms with van der Waals surface area (Å²) in [7, 11) is -2.29. The van der Waals surface area contributed by atoms with Gasteiger partial charge in [-0.15, -0.1) is 0 Å². The molecule has 0 spiro atoms. The first-order chi connectivity index (χ1) is 17.6. The fraction of sp³-hybridized carbons (Fsp3) is 0.767. The van der Waals surface area contributed by atoms with Crippen LogP contribution in [-0.4, -0.2) is 54.9 Å². The van der Waals surface area contributed by atoms with Crippen molar-refractivity contribution in [2.45, 2.75) is 110 Å². The van der Waals surface area contributed by atoms with Crippen molar-refractivity contribution < 1.29 is 33.0 Å². The molecule has 3 saturated carbocycles. The van der Waals surface area contributed by atoms with Gasteiger partial charge in [-0.2, -0.15) is 0 Å². The number of Topliss-reactive ketones (excluding diaryl/α,β-unsaturated/α-hetero) is 1. The predicted molar refractivity (Wildman–Crippen MR) is 146 cm³/mol. The van der Waals surface area contributed by atoms with Crippen LogP contribution in [0.1, 0.15) is 72.6 Å². The van der Waals surface area contributed by atoms with E-state index in [4.69, 9.17) is 9.16 Å². The summed E-state index contributed by atoms with van der Waals surface area (Å²) in [5.74, 6) is -2.19. The quantitative estimate of drug-likeness (QED) is 0.318. The molecular formula is C30H45FO6Si. The number of unbranched alkanes of at least 4 members (excludes halogenated alkanes) is 1. The van der Waals surface area contributed by atoms with Gasteiger partial charge in [0.05, 0.1) is 6.10 Å². The highest BCUT2D eigenvalue weighted by Crippen LogP contribution is 2.72. The molecule has 0 aliphatic heterocycles. The summed E-state index contributed by atoms with van der Waals surface area (Å²) in [6.45, 7) is 13.0. The van der Waals surface area contributed by atoms with E-state index in [0.29, 0.717) is 25.7 Å². The SMILES string of the molecule is CCCCC(=O)O[C@]1(C(=O)CO)[C@@H](C)C[C@H]2[C@@H]3CCC4=CC(=O)C=C[C@]4(C)[C@@]3(F)[C@@H](O[Si](C)(C)C)C[C@@]21C. The topological polar surface area (TPSA) is 89.9 Å². The van der Waals surface area contributed by atoms with Crippen molar-refractivity contribution in [3.63, 3.8) is 0 Å². The third kappa shape index (κ3) is 4.12. The number of rotatable bonds is 8. The van der Waals surface area contributed by atoms with E-state index in [9.17, 15) is 19.5 Å². The molecule has 4 rings (SSSR count). The number of aliphatic hydroxyl groups is 1. The minimum Gasteiger partial charge on any atom is -0.450 e. The molecular weight excluding hydrogens is 503 g/mol. The highest BCUT2D eigenvalue weighted by molar-refractivity contribution is 6.69. The van der Waals surface area contributed by atoms with Crippen molar-refractivity contribution in [2.75, 3.05) is 6.61 Å². The first-order valence-electron chi connectivity index (χ1n) is 14.3. The second kappa shape index (κ2) is 9.77. The molecule has 0 bridgehead atoms. The van der Waals surface area contributed by atoms with Crippen molar-refractivity contribution in [1.82, 2.24) is 0 Å². The standard InChI is InChI=1S/C30H45FO6Si/c1-8-9-10-26(35)36-30(24(34)18-32)19(2)15-23-22-12-11-20-16-21(33)13-14-27(20,3)29(22,31)25(17-28(23,30)4)37-38(5,6)7/h13-14,16,19,22-23,25,32H,8-12,15,17-18H2,1-7H3/t19-,22-,23-,25-,27-,28-,29-,30-/m0/s1. The minimum absolute atomic E-state index is 0.121. The lowest BCUT2D eigenvalue weighted by atomic mass is 9.44. The number of fused-ring (bicyclic) bond motifs is 5. The van der Waals surface area contributed by atoms with E-state index in [2.05, 4.69) is 0 Å². The maximum atomic E-state index is 18.2. The van der Waals surface area contributed by atoms with Crippen LogP contribution in [0.3, 0.4) is 0 Å². The van der Waals surface area contributed by atoms with Crippen molar-refractivity contribution in [2.24, 2.45) is 28.6 Å². The number of hydrogen-bond donors (Lipinski definition) is 1. The zero-order valence-corrected chi connectivity index (χ0v) is 25.1. The Hall–Kier alpha value is -1.64. The lowest BCUT2D eigenvalue weighted by Gasteiger charge is -2.64. The Bertz CT molecular complexity index is 1060. The van der Waals surface area contributed by atoms with Crippen molar-refractivity contribution >= 4 is 25.9 Å². The number of halogens is 1. The number of hydrogen-bond acceptors (Lipinski definition) is 6. The van der Waals surface area contributed by atoms with Crippen LogP contribution in [0.25, 0.3) is 0 Å². The van der Waals surface area contributed by atoms with Gasteiger partial charge in [-0.25, -0.2) is 4.39 Å². The number of ether oxygens (including phenoxy) is 1. The molecule has 0 unspecified atom stereocenters. The molecule has 0 radical (unpaired) electrons. The first-order valence-corrected chi connectivity index (χ1v) is 17.7. The van der Waals surface area contributed by atoms with Crippen LogP contribution >= 0.6 is 0 Å². The van der Waals surface area contributed by atoms with Gasteiger partial charge in [0.15, 0.2) is 25.4 Å². The maximum absolute atomic E-state index is 18.2. The Labute approximate surface area is 227 Å². The molecule has 212 valence electrons. The highest BCUT2D eigenvalue weighted by atomic mass is 28.4. The molecule has 1 N–H and O–H groups in total. The molecule has 0 heterocycles. The Balaban J connectivity index is 1.88. The van der Waals surface area contributed by atoms with E-state index in [1.165, 1.54) is 6.08 Å². The van der Waals surface area contributed by atoms with Crippen LogP contribution < -0.4 is 0 Å². The molecule has 0 aromatic heterocycles. The Morgan fingerprint density at radius 2 is 1.89 bits per heavy atom. The van der Waals surface area contributed by atoms with E-state index < -0.39 is 60.8 Å². The van der Waals surface area contributed by atoms with Crippen molar-refractivity contribution in [3.05, 3.63) is 23.8 Å². The highest BCUT2D eigenvalue weighted by Gasteiger charge is 2.77. The average Bonchev–Trinajstić information content (AvgIpc) is 3.04. The maximum Gasteiger partial charge on any atom is 0.306 e. The summed E-state index contributed by atoms with van der Waals surface area (Å²) in [6, 6.07) is 0. The van der Waals surface area contributed by atoms with Crippen LogP contribution in [0.5, 0.6) is 0 Å². The molecule has 0 amide bonds. The number of allylic oxidation sites excluding steroid dienone is 4. The third-order valence-electron chi connectivity index (χ3n) is 10.2. The normalized spacial score (nSPS) is 42.1. The third-order valence-corrected chi connectivity index (χ3v) is 11.2. The fourth-order valence-electron chi connectivity index (χ4n) is 8.59. The van der Waals surface area contributed by atoms with E-state index >= 15 is 4.39 Å². The summed E-state index contributed by atoms with van der Waals surface area (Å²) in [5.41, 5.74) is -4.48. The molecule has 8 atom stereocenters. The second-order valence-electron chi connectivity index (χ2n) is 13.5. The average molecular weight is 549 g/mol. The molecule has 0 aromatic rings. The van der Waals surface area contributed by atoms with E-state index in [1.54, 1.807) is 12.2 Å². The summed E-state index contributed by atoms with van der Waals surface area (Å²) in [6.07, 6.45) is 7.39. The van der Waals surface area contributed by atoms with Crippen LogP contribution in [0.15, 0.2) is 23.8 Å². The van der Waals surface area contributed by atoms with Crippen LogP contribution in [0, 0.1) is 28.6 Å². The molecule has 6 nitrogen and oxygen atoms in total.